The van der Waals surface area contributed by atoms with Gasteiger partial charge in [-0.05, 0) is 59.5 Å². The van der Waals surface area contributed by atoms with E-state index in [-0.39, 0.29) is 12.1 Å². The maximum atomic E-state index is 12.8. The molecule has 0 aromatic heterocycles. The van der Waals surface area contributed by atoms with Gasteiger partial charge in [-0.3, -0.25) is 0 Å². The van der Waals surface area contributed by atoms with Crippen molar-refractivity contribution < 1.29 is 4.79 Å². The topological polar surface area (TPSA) is 41.1 Å². The summed E-state index contributed by atoms with van der Waals surface area (Å²) in [5.74, 6) is 0. The van der Waals surface area contributed by atoms with Crippen LogP contribution in [0.1, 0.15) is 22.7 Å². The minimum Gasteiger partial charge on any atom is -0.327 e. The van der Waals surface area contributed by atoms with Crippen LogP contribution in [0.3, 0.4) is 0 Å². The van der Waals surface area contributed by atoms with Crippen LogP contribution in [-0.4, -0.2) is 6.03 Å². The summed E-state index contributed by atoms with van der Waals surface area (Å²) in [7, 11) is 0. The van der Waals surface area contributed by atoms with Crippen LogP contribution in [0.4, 0.5) is 10.5 Å². The monoisotopic (exact) mass is 426 g/mol. The van der Waals surface area contributed by atoms with Crippen molar-refractivity contribution in [3.63, 3.8) is 0 Å². The highest BCUT2D eigenvalue weighted by Crippen LogP contribution is 2.28. The molecular formula is C27H23ClN2O. The molecule has 4 rings (SSSR count). The van der Waals surface area contributed by atoms with E-state index in [0.717, 1.165) is 33.5 Å². The van der Waals surface area contributed by atoms with Crippen LogP contribution >= 0.6 is 11.6 Å². The highest BCUT2D eigenvalue weighted by atomic mass is 35.5. The lowest BCUT2D eigenvalue weighted by molar-refractivity contribution is 0.250. The number of rotatable bonds is 5. The fraction of sp³-hybridized carbons (Fsp3) is 0.0741. The molecule has 1 unspecified atom stereocenters. The van der Waals surface area contributed by atoms with E-state index in [4.69, 9.17) is 11.6 Å². The zero-order valence-electron chi connectivity index (χ0n) is 17.2. The Morgan fingerprint density at radius 3 is 2.13 bits per heavy atom. The summed E-state index contributed by atoms with van der Waals surface area (Å²) in [4.78, 5) is 12.8. The Bertz CT molecular complexity index is 1160. The van der Waals surface area contributed by atoms with Gasteiger partial charge in [-0.25, -0.2) is 4.79 Å². The Morgan fingerprint density at radius 1 is 0.742 bits per heavy atom. The molecule has 2 N–H and O–H groups in total. The molecule has 0 aliphatic rings. The number of anilines is 1. The summed E-state index contributed by atoms with van der Waals surface area (Å²) in [6, 6.07) is 33.1. The molecule has 0 radical (unpaired) electrons. The Morgan fingerprint density at radius 2 is 1.42 bits per heavy atom. The van der Waals surface area contributed by atoms with Crippen LogP contribution in [0.2, 0.25) is 5.02 Å². The Balaban J connectivity index is 1.64. The molecule has 0 spiro atoms. The second kappa shape index (κ2) is 9.50. The molecule has 0 heterocycles. The van der Waals surface area contributed by atoms with Crippen LogP contribution in [0, 0.1) is 6.92 Å². The zero-order chi connectivity index (χ0) is 21.6. The third-order valence-electron chi connectivity index (χ3n) is 5.12. The molecule has 3 nitrogen and oxygen atoms in total. The van der Waals surface area contributed by atoms with Crippen molar-refractivity contribution >= 4 is 23.3 Å². The van der Waals surface area contributed by atoms with E-state index < -0.39 is 0 Å². The number of urea groups is 1. The molecule has 0 bridgehead atoms. The number of benzene rings is 4. The molecule has 4 heteroatoms. The van der Waals surface area contributed by atoms with E-state index in [1.807, 2.05) is 85.8 Å². The molecule has 0 saturated heterocycles. The lowest BCUT2D eigenvalue weighted by atomic mass is 9.95. The van der Waals surface area contributed by atoms with E-state index in [2.05, 4.69) is 34.9 Å². The molecule has 4 aromatic rings. The van der Waals surface area contributed by atoms with Gasteiger partial charge in [0.05, 0.1) is 6.04 Å². The first-order valence-electron chi connectivity index (χ1n) is 10.1. The summed E-state index contributed by atoms with van der Waals surface area (Å²) < 4.78 is 0. The van der Waals surface area contributed by atoms with Crippen molar-refractivity contribution in [2.75, 3.05) is 5.32 Å². The van der Waals surface area contributed by atoms with Crippen LogP contribution in [-0.2, 0) is 0 Å². The predicted molar refractivity (Wildman–Crippen MR) is 129 cm³/mol. The maximum absolute atomic E-state index is 12.8. The van der Waals surface area contributed by atoms with Crippen molar-refractivity contribution in [3.05, 3.63) is 125 Å². The third kappa shape index (κ3) is 5.33. The molecule has 4 aromatic carbocycles. The Kier molecular flexibility index (Phi) is 6.34. The molecule has 0 saturated carbocycles. The summed E-state index contributed by atoms with van der Waals surface area (Å²) in [5, 5.41) is 6.70. The van der Waals surface area contributed by atoms with Gasteiger partial charge in [0.15, 0.2) is 0 Å². The van der Waals surface area contributed by atoms with E-state index in [1.54, 1.807) is 0 Å². The standard InChI is InChI=1S/C27H23ClN2O/c1-19-10-16-25(17-11-19)29-27(31)30-26(21-12-14-24(28)15-13-21)23-9-5-8-22(18-23)20-6-3-2-4-7-20/h2-18,26H,1H3,(H2,29,30,31). The highest BCUT2D eigenvalue weighted by molar-refractivity contribution is 6.30. The average Bonchev–Trinajstić information content (AvgIpc) is 2.80. The SMILES string of the molecule is Cc1ccc(NC(=O)NC(c2ccc(Cl)cc2)c2cccc(-c3ccccc3)c2)cc1. The van der Waals surface area contributed by atoms with Crippen molar-refractivity contribution in [2.45, 2.75) is 13.0 Å². The Labute approximate surface area is 187 Å². The fourth-order valence-corrected chi connectivity index (χ4v) is 3.60. The first-order chi connectivity index (χ1) is 15.1. The molecule has 0 aliphatic carbocycles. The van der Waals surface area contributed by atoms with Gasteiger partial charge in [0.2, 0.25) is 0 Å². The van der Waals surface area contributed by atoms with Gasteiger partial charge in [-0.2, -0.15) is 0 Å². The fourth-order valence-electron chi connectivity index (χ4n) is 3.48. The van der Waals surface area contributed by atoms with E-state index in [0.29, 0.717) is 5.02 Å². The number of carbonyl (C=O) groups excluding carboxylic acids is 1. The largest absolute Gasteiger partial charge is 0.327 e. The van der Waals surface area contributed by atoms with Gasteiger partial charge in [0.1, 0.15) is 0 Å². The van der Waals surface area contributed by atoms with E-state index in [9.17, 15) is 4.79 Å². The molecule has 31 heavy (non-hydrogen) atoms. The van der Waals surface area contributed by atoms with Gasteiger partial charge >= 0.3 is 6.03 Å². The van der Waals surface area contributed by atoms with Crippen LogP contribution in [0.5, 0.6) is 0 Å². The number of carbonyl (C=O) groups is 1. The molecule has 2 amide bonds. The Hall–Kier alpha value is -3.56. The minimum atomic E-state index is -0.327. The number of nitrogens with one attached hydrogen (secondary N) is 2. The van der Waals surface area contributed by atoms with Crippen molar-refractivity contribution in [1.82, 2.24) is 5.32 Å². The summed E-state index contributed by atoms with van der Waals surface area (Å²) >= 11 is 6.09. The van der Waals surface area contributed by atoms with Crippen LogP contribution < -0.4 is 10.6 Å². The second-order valence-corrected chi connectivity index (χ2v) is 7.88. The van der Waals surface area contributed by atoms with Crippen molar-refractivity contribution in [1.29, 1.82) is 0 Å². The number of halogens is 1. The third-order valence-corrected chi connectivity index (χ3v) is 5.37. The predicted octanol–water partition coefficient (Wildman–Crippen LogP) is 7.23. The first kappa shape index (κ1) is 20.7. The lowest BCUT2D eigenvalue weighted by Gasteiger charge is -2.21. The zero-order valence-corrected chi connectivity index (χ0v) is 17.9. The molecular weight excluding hydrogens is 404 g/mol. The van der Waals surface area contributed by atoms with Gasteiger partial charge in [-0.15, -0.1) is 0 Å². The van der Waals surface area contributed by atoms with Crippen molar-refractivity contribution in [3.8, 4) is 11.1 Å². The number of hydrogen-bond donors (Lipinski definition) is 2. The number of hydrogen-bond acceptors (Lipinski definition) is 1. The maximum Gasteiger partial charge on any atom is 0.319 e. The van der Waals surface area contributed by atoms with Gasteiger partial charge in [0, 0.05) is 10.7 Å². The molecule has 154 valence electrons. The van der Waals surface area contributed by atoms with Crippen LogP contribution in [0.25, 0.3) is 11.1 Å². The van der Waals surface area contributed by atoms with Crippen molar-refractivity contribution in [2.24, 2.45) is 0 Å². The normalized spacial score (nSPS) is 11.5. The number of aryl methyl sites for hydroxylation is 1. The van der Waals surface area contributed by atoms with E-state index >= 15 is 0 Å². The molecule has 0 aliphatic heterocycles. The quantitative estimate of drug-likeness (QED) is 0.347. The van der Waals surface area contributed by atoms with Gasteiger partial charge in [0.25, 0.3) is 0 Å². The summed E-state index contributed by atoms with van der Waals surface area (Å²) in [6.45, 7) is 2.01. The lowest BCUT2D eigenvalue weighted by Crippen LogP contribution is -2.33. The summed E-state index contributed by atoms with van der Waals surface area (Å²) in [5.41, 5.74) is 6.05. The van der Waals surface area contributed by atoms with Crippen LogP contribution in [0.15, 0.2) is 103 Å². The second-order valence-electron chi connectivity index (χ2n) is 7.44. The van der Waals surface area contributed by atoms with E-state index in [1.165, 1.54) is 0 Å². The highest BCUT2D eigenvalue weighted by Gasteiger charge is 2.18. The summed E-state index contributed by atoms with van der Waals surface area (Å²) in [6.07, 6.45) is 0. The molecule has 0 fully saturated rings. The molecule has 1 atom stereocenters. The van der Waals surface area contributed by atoms with Gasteiger partial charge in [-0.1, -0.05) is 90.0 Å². The minimum absolute atomic E-state index is 0.270. The van der Waals surface area contributed by atoms with Gasteiger partial charge < -0.3 is 10.6 Å². The number of amides is 2. The smallest absolute Gasteiger partial charge is 0.319 e. The first-order valence-corrected chi connectivity index (χ1v) is 10.5. The average molecular weight is 427 g/mol.